The molecule has 3 rings (SSSR count). The van der Waals surface area contributed by atoms with Crippen molar-refractivity contribution in [3.63, 3.8) is 0 Å². The van der Waals surface area contributed by atoms with E-state index in [-0.39, 0.29) is 30.3 Å². The molecule has 6 nitrogen and oxygen atoms in total. The number of pyridine rings is 1. The van der Waals surface area contributed by atoms with E-state index in [4.69, 9.17) is 4.42 Å². The van der Waals surface area contributed by atoms with Crippen molar-refractivity contribution in [2.24, 2.45) is 0 Å². The molecule has 0 aromatic carbocycles. The molecule has 0 bridgehead atoms. The lowest BCUT2D eigenvalue weighted by atomic mass is 10.0. The summed E-state index contributed by atoms with van der Waals surface area (Å²) in [7, 11) is 0. The van der Waals surface area contributed by atoms with Crippen LogP contribution in [0.25, 0.3) is 0 Å². The molecule has 1 fully saturated rings. The third-order valence-electron chi connectivity index (χ3n) is 4.22. The molecule has 0 atom stereocenters. The number of carbonyl (C=O) groups is 1. The van der Waals surface area contributed by atoms with Crippen LogP contribution in [0.15, 0.2) is 45.7 Å². The van der Waals surface area contributed by atoms with E-state index in [1.165, 1.54) is 10.6 Å². The Labute approximate surface area is 133 Å². The van der Waals surface area contributed by atoms with Gasteiger partial charge < -0.3 is 19.4 Å². The molecule has 0 unspecified atom stereocenters. The van der Waals surface area contributed by atoms with Crippen LogP contribution >= 0.6 is 0 Å². The Morgan fingerprint density at radius 3 is 2.78 bits per heavy atom. The average molecular weight is 316 g/mol. The van der Waals surface area contributed by atoms with Crippen molar-refractivity contribution >= 4 is 5.91 Å². The summed E-state index contributed by atoms with van der Waals surface area (Å²) in [6, 6.07) is 8.17. The number of nitrogens with one attached hydrogen (secondary N) is 1. The van der Waals surface area contributed by atoms with Gasteiger partial charge in [-0.3, -0.25) is 9.59 Å². The van der Waals surface area contributed by atoms with Crippen molar-refractivity contribution in [3.05, 3.63) is 58.4 Å². The molecule has 2 aromatic heterocycles. The molecule has 0 spiro atoms. The lowest BCUT2D eigenvalue weighted by Crippen LogP contribution is -2.40. The zero-order chi connectivity index (χ0) is 16.3. The fraction of sp³-hybridized carbons (Fsp3) is 0.412. The Bertz CT molecular complexity index is 741. The van der Waals surface area contributed by atoms with Gasteiger partial charge >= 0.3 is 0 Å². The standard InChI is InChI=1S/C17H20N2O4/c20-15-5-1-4-10-19(15)11-13-6-7-14(23-13)16(21)18-12-17(22)8-2-3-9-17/h1,4-7,10,22H,2-3,8-9,11-12H2,(H,18,21). The number of aliphatic hydroxyl groups is 1. The van der Waals surface area contributed by atoms with Crippen molar-refractivity contribution in [1.29, 1.82) is 0 Å². The van der Waals surface area contributed by atoms with Gasteiger partial charge in [0.1, 0.15) is 5.76 Å². The summed E-state index contributed by atoms with van der Waals surface area (Å²) in [5.74, 6) is 0.366. The summed E-state index contributed by atoms with van der Waals surface area (Å²) < 4.78 is 7.00. The Balaban J connectivity index is 1.61. The maximum atomic E-state index is 12.1. The number of hydrogen-bond acceptors (Lipinski definition) is 4. The van der Waals surface area contributed by atoms with Crippen molar-refractivity contribution in [3.8, 4) is 0 Å². The largest absolute Gasteiger partial charge is 0.454 e. The number of amides is 1. The summed E-state index contributed by atoms with van der Waals surface area (Å²) in [5.41, 5.74) is -0.916. The minimum atomic E-state index is -0.789. The van der Waals surface area contributed by atoms with Crippen molar-refractivity contribution in [1.82, 2.24) is 9.88 Å². The minimum Gasteiger partial charge on any atom is -0.454 e. The first-order valence-electron chi connectivity index (χ1n) is 7.81. The number of hydrogen-bond donors (Lipinski definition) is 2. The van der Waals surface area contributed by atoms with E-state index >= 15 is 0 Å². The molecule has 0 aliphatic heterocycles. The van der Waals surface area contributed by atoms with Gasteiger partial charge in [0.2, 0.25) is 0 Å². The predicted octanol–water partition coefficient (Wildman–Crippen LogP) is 1.52. The van der Waals surface area contributed by atoms with Crippen LogP contribution in [0.2, 0.25) is 0 Å². The molecule has 1 aliphatic carbocycles. The maximum Gasteiger partial charge on any atom is 0.287 e. The van der Waals surface area contributed by atoms with E-state index in [0.29, 0.717) is 18.6 Å². The molecule has 23 heavy (non-hydrogen) atoms. The number of carbonyl (C=O) groups excluding carboxylic acids is 1. The molecule has 1 amide bonds. The highest BCUT2D eigenvalue weighted by Gasteiger charge is 2.31. The second kappa shape index (κ2) is 6.42. The van der Waals surface area contributed by atoms with E-state index in [0.717, 1.165) is 12.8 Å². The van der Waals surface area contributed by atoms with Crippen LogP contribution < -0.4 is 10.9 Å². The molecule has 2 heterocycles. The van der Waals surface area contributed by atoms with Gasteiger partial charge in [-0.15, -0.1) is 0 Å². The molecular formula is C17H20N2O4. The SMILES string of the molecule is O=C(NCC1(O)CCCC1)c1ccc(Cn2ccccc2=O)o1. The second-order valence-electron chi connectivity index (χ2n) is 6.05. The van der Waals surface area contributed by atoms with Crippen molar-refractivity contribution in [2.45, 2.75) is 37.8 Å². The first kappa shape index (κ1) is 15.6. The molecule has 2 N–H and O–H groups in total. The molecule has 0 saturated heterocycles. The Morgan fingerprint density at radius 2 is 2.04 bits per heavy atom. The summed E-state index contributed by atoms with van der Waals surface area (Å²) in [6.45, 7) is 0.511. The number of nitrogens with zero attached hydrogens (tertiary/aromatic N) is 1. The van der Waals surface area contributed by atoms with Gasteiger partial charge in [-0.1, -0.05) is 18.9 Å². The first-order valence-corrected chi connectivity index (χ1v) is 7.81. The Hall–Kier alpha value is -2.34. The summed E-state index contributed by atoms with van der Waals surface area (Å²) >= 11 is 0. The summed E-state index contributed by atoms with van der Waals surface area (Å²) in [5, 5.41) is 13.0. The fourth-order valence-corrected chi connectivity index (χ4v) is 2.89. The molecule has 6 heteroatoms. The van der Waals surface area contributed by atoms with E-state index in [9.17, 15) is 14.7 Å². The maximum absolute atomic E-state index is 12.1. The van der Waals surface area contributed by atoms with Crippen LogP contribution in [-0.4, -0.2) is 27.7 Å². The molecule has 122 valence electrons. The normalized spacial score (nSPS) is 16.4. The van der Waals surface area contributed by atoms with E-state index < -0.39 is 5.60 Å². The van der Waals surface area contributed by atoms with Crippen LogP contribution in [-0.2, 0) is 6.54 Å². The third kappa shape index (κ3) is 3.71. The smallest absolute Gasteiger partial charge is 0.287 e. The highest BCUT2D eigenvalue weighted by molar-refractivity contribution is 5.91. The van der Waals surface area contributed by atoms with Gasteiger partial charge in [0.25, 0.3) is 11.5 Å². The Morgan fingerprint density at radius 1 is 1.26 bits per heavy atom. The number of aromatic nitrogens is 1. The monoisotopic (exact) mass is 316 g/mol. The van der Waals surface area contributed by atoms with Gasteiger partial charge in [-0.25, -0.2) is 0 Å². The van der Waals surface area contributed by atoms with Crippen molar-refractivity contribution < 1.29 is 14.3 Å². The number of furan rings is 1. The number of rotatable bonds is 5. The zero-order valence-corrected chi connectivity index (χ0v) is 12.8. The molecule has 1 aliphatic rings. The zero-order valence-electron chi connectivity index (χ0n) is 12.8. The van der Waals surface area contributed by atoms with Crippen LogP contribution in [0.4, 0.5) is 0 Å². The highest BCUT2D eigenvalue weighted by Crippen LogP contribution is 2.28. The van der Waals surface area contributed by atoms with Crippen LogP contribution in [0.1, 0.15) is 42.0 Å². The van der Waals surface area contributed by atoms with Gasteiger partial charge in [-0.05, 0) is 31.0 Å². The predicted molar refractivity (Wildman–Crippen MR) is 84.3 cm³/mol. The van der Waals surface area contributed by atoms with Crippen LogP contribution in [0.5, 0.6) is 0 Å². The quantitative estimate of drug-likeness (QED) is 0.876. The second-order valence-corrected chi connectivity index (χ2v) is 6.05. The molecular weight excluding hydrogens is 296 g/mol. The fourth-order valence-electron chi connectivity index (χ4n) is 2.89. The van der Waals surface area contributed by atoms with E-state index in [2.05, 4.69) is 5.32 Å². The average Bonchev–Trinajstić information content (AvgIpc) is 3.17. The van der Waals surface area contributed by atoms with Gasteiger partial charge in [0.05, 0.1) is 12.1 Å². The third-order valence-corrected chi connectivity index (χ3v) is 4.22. The van der Waals surface area contributed by atoms with E-state index in [1.807, 2.05) is 0 Å². The molecule has 0 radical (unpaired) electrons. The highest BCUT2D eigenvalue weighted by atomic mass is 16.4. The summed E-state index contributed by atoms with van der Waals surface area (Å²) in [6.07, 6.45) is 5.08. The van der Waals surface area contributed by atoms with Crippen LogP contribution in [0, 0.1) is 0 Å². The van der Waals surface area contributed by atoms with Gasteiger partial charge in [-0.2, -0.15) is 0 Å². The van der Waals surface area contributed by atoms with Gasteiger partial charge in [0, 0.05) is 18.8 Å². The topological polar surface area (TPSA) is 84.5 Å². The van der Waals surface area contributed by atoms with Crippen LogP contribution in [0.3, 0.4) is 0 Å². The molecule has 1 saturated carbocycles. The summed E-state index contributed by atoms with van der Waals surface area (Å²) in [4.78, 5) is 23.8. The van der Waals surface area contributed by atoms with E-state index in [1.54, 1.807) is 30.5 Å². The minimum absolute atomic E-state index is 0.127. The van der Waals surface area contributed by atoms with Gasteiger partial charge in [0.15, 0.2) is 5.76 Å². The lowest BCUT2D eigenvalue weighted by molar-refractivity contribution is 0.0443. The Kier molecular flexibility index (Phi) is 4.34. The first-order chi connectivity index (χ1) is 11.1. The molecule has 2 aromatic rings. The lowest BCUT2D eigenvalue weighted by Gasteiger charge is -2.21. The van der Waals surface area contributed by atoms with Crippen molar-refractivity contribution in [2.75, 3.05) is 6.54 Å².